The number of carbonyl (C=O) groups excluding carboxylic acids is 1. The van der Waals surface area contributed by atoms with E-state index in [2.05, 4.69) is 22.0 Å². The second-order valence-corrected chi connectivity index (χ2v) is 6.62. The number of carbonyl (C=O) groups is 1. The van der Waals surface area contributed by atoms with Crippen molar-refractivity contribution >= 4 is 21.9 Å². The molecule has 0 aliphatic carbocycles. The molecular formula is C21H16BrFN2O2. The maximum absolute atomic E-state index is 13.5. The molecule has 3 rings (SSSR count). The number of halogens is 2. The minimum atomic E-state index is -0.494. The SMILES string of the molecule is CCOC(=O)c1c(-c2ccc(-c3cccc(F)c3)cc2)c(C#N)c(Br)n1C. The number of nitriles is 1. The van der Waals surface area contributed by atoms with Crippen molar-refractivity contribution in [2.75, 3.05) is 6.61 Å². The third kappa shape index (κ3) is 3.51. The zero-order chi connectivity index (χ0) is 19.6. The predicted molar refractivity (Wildman–Crippen MR) is 105 cm³/mol. The maximum Gasteiger partial charge on any atom is 0.355 e. The van der Waals surface area contributed by atoms with E-state index in [0.29, 0.717) is 27.0 Å². The first kappa shape index (κ1) is 18.9. The molecule has 0 amide bonds. The van der Waals surface area contributed by atoms with Crippen molar-refractivity contribution < 1.29 is 13.9 Å². The Labute approximate surface area is 164 Å². The fourth-order valence-electron chi connectivity index (χ4n) is 2.97. The lowest BCUT2D eigenvalue weighted by molar-refractivity contribution is 0.0516. The van der Waals surface area contributed by atoms with Gasteiger partial charge in [-0.1, -0.05) is 36.4 Å². The summed E-state index contributed by atoms with van der Waals surface area (Å²) >= 11 is 3.38. The highest BCUT2D eigenvalue weighted by Crippen LogP contribution is 2.36. The van der Waals surface area contributed by atoms with Crippen molar-refractivity contribution in [2.45, 2.75) is 6.92 Å². The first-order valence-electron chi connectivity index (χ1n) is 8.29. The molecule has 2 aromatic carbocycles. The van der Waals surface area contributed by atoms with Gasteiger partial charge in [-0.2, -0.15) is 5.26 Å². The number of aromatic nitrogens is 1. The van der Waals surface area contributed by atoms with Crippen LogP contribution < -0.4 is 0 Å². The molecule has 0 spiro atoms. The summed E-state index contributed by atoms with van der Waals surface area (Å²) in [4.78, 5) is 12.5. The summed E-state index contributed by atoms with van der Waals surface area (Å²) < 4.78 is 20.7. The average Bonchev–Trinajstić information content (AvgIpc) is 2.93. The van der Waals surface area contributed by atoms with E-state index < -0.39 is 5.97 Å². The van der Waals surface area contributed by atoms with Gasteiger partial charge in [-0.3, -0.25) is 0 Å². The Balaban J connectivity index is 2.12. The van der Waals surface area contributed by atoms with Gasteiger partial charge in [-0.05, 0) is 51.7 Å². The number of ether oxygens (including phenoxy) is 1. The Bertz CT molecular complexity index is 1050. The van der Waals surface area contributed by atoms with Crippen LogP contribution in [0, 0.1) is 17.1 Å². The van der Waals surface area contributed by atoms with Crippen LogP contribution in [-0.2, 0) is 11.8 Å². The standard InChI is InChI=1S/C21H16BrFN2O2/c1-3-27-21(26)19-18(17(12-24)20(22)25(19)2)14-9-7-13(8-10-14)15-5-4-6-16(23)11-15/h4-11H,3H2,1-2H3. The number of benzene rings is 2. The van der Waals surface area contributed by atoms with E-state index >= 15 is 0 Å². The van der Waals surface area contributed by atoms with Gasteiger partial charge in [0.1, 0.15) is 22.2 Å². The van der Waals surface area contributed by atoms with Crippen molar-refractivity contribution in [1.29, 1.82) is 5.26 Å². The van der Waals surface area contributed by atoms with Crippen LogP contribution in [0.2, 0.25) is 0 Å². The van der Waals surface area contributed by atoms with E-state index in [-0.39, 0.29) is 12.4 Å². The quantitative estimate of drug-likeness (QED) is 0.531. The highest BCUT2D eigenvalue weighted by atomic mass is 79.9. The van der Waals surface area contributed by atoms with Gasteiger partial charge in [0.15, 0.2) is 0 Å². The molecule has 0 saturated carbocycles. The molecule has 1 heterocycles. The van der Waals surface area contributed by atoms with Gasteiger partial charge < -0.3 is 9.30 Å². The summed E-state index contributed by atoms with van der Waals surface area (Å²) in [5, 5.41) is 9.59. The number of nitrogens with zero attached hydrogens (tertiary/aromatic N) is 2. The summed E-state index contributed by atoms with van der Waals surface area (Å²) in [6.07, 6.45) is 0. The van der Waals surface area contributed by atoms with Crippen LogP contribution in [0.15, 0.2) is 53.1 Å². The second-order valence-electron chi connectivity index (χ2n) is 5.87. The van der Waals surface area contributed by atoms with Gasteiger partial charge in [-0.25, -0.2) is 9.18 Å². The molecule has 4 nitrogen and oxygen atoms in total. The number of hydrogen-bond donors (Lipinski definition) is 0. The third-order valence-electron chi connectivity index (χ3n) is 4.24. The highest BCUT2D eigenvalue weighted by Gasteiger charge is 2.26. The Kier molecular flexibility index (Phi) is 5.43. The Morgan fingerprint density at radius 1 is 1.19 bits per heavy atom. The molecule has 0 radical (unpaired) electrons. The lowest BCUT2D eigenvalue weighted by Crippen LogP contribution is -2.11. The van der Waals surface area contributed by atoms with Crippen LogP contribution in [0.3, 0.4) is 0 Å². The Morgan fingerprint density at radius 3 is 2.44 bits per heavy atom. The van der Waals surface area contributed by atoms with Crippen molar-refractivity contribution in [3.8, 4) is 28.3 Å². The first-order valence-corrected chi connectivity index (χ1v) is 9.09. The molecule has 136 valence electrons. The minimum Gasteiger partial charge on any atom is -0.461 e. The second kappa shape index (κ2) is 7.77. The van der Waals surface area contributed by atoms with E-state index in [9.17, 15) is 14.4 Å². The monoisotopic (exact) mass is 426 g/mol. The molecule has 0 fully saturated rings. The average molecular weight is 427 g/mol. The van der Waals surface area contributed by atoms with Gasteiger partial charge in [0.05, 0.1) is 12.2 Å². The minimum absolute atomic E-state index is 0.238. The number of esters is 1. The molecule has 6 heteroatoms. The van der Waals surface area contributed by atoms with Crippen molar-refractivity contribution in [1.82, 2.24) is 4.57 Å². The van der Waals surface area contributed by atoms with Crippen molar-refractivity contribution in [2.24, 2.45) is 7.05 Å². The fraction of sp³-hybridized carbons (Fsp3) is 0.143. The summed E-state index contributed by atoms with van der Waals surface area (Å²) in [5.74, 6) is -0.800. The van der Waals surface area contributed by atoms with Crippen LogP contribution in [0.1, 0.15) is 23.0 Å². The van der Waals surface area contributed by atoms with E-state index in [4.69, 9.17) is 4.74 Å². The summed E-state index contributed by atoms with van der Waals surface area (Å²) in [5.41, 5.74) is 3.47. The van der Waals surface area contributed by atoms with Gasteiger partial charge in [0.2, 0.25) is 0 Å². The maximum atomic E-state index is 13.5. The van der Waals surface area contributed by atoms with Gasteiger partial charge in [0, 0.05) is 12.6 Å². The van der Waals surface area contributed by atoms with Crippen LogP contribution in [0.5, 0.6) is 0 Å². The predicted octanol–water partition coefficient (Wildman–Crippen LogP) is 5.31. The van der Waals surface area contributed by atoms with E-state index in [0.717, 1.165) is 11.1 Å². The highest BCUT2D eigenvalue weighted by molar-refractivity contribution is 9.10. The normalized spacial score (nSPS) is 10.5. The number of hydrogen-bond acceptors (Lipinski definition) is 3. The van der Waals surface area contributed by atoms with Crippen LogP contribution in [-0.4, -0.2) is 17.1 Å². The molecule has 0 saturated heterocycles. The molecule has 27 heavy (non-hydrogen) atoms. The van der Waals surface area contributed by atoms with Crippen LogP contribution in [0.4, 0.5) is 4.39 Å². The van der Waals surface area contributed by atoms with Crippen LogP contribution in [0.25, 0.3) is 22.3 Å². The summed E-state index contributed by atoms with van der Waals surface area (Å²) in [7, 11) is 1.70. The lowest BCUT2D eigenvalue weighted by Gasteiger charge is -2.09. The third-order valence-corrected chi connectivity index (χ3v) is 5.16. The summed E-state index contributed by atoms with van der Waals surface area (Å²) in [6, 6.07) is 15.8. The largest absolute Gasteiger partial charge is 0.461 e. The molecule has 0 atom stereocenters. The van der Waals surface area contributed by atoms with Gasteiger partial charge in [0.25, 0.3) is 0 Å². The van der Waals surface area contributed by atoms with E-state index in [1.165, 1.54) is 12.1 Å². The van der Waals surface area contributed by atoms with E-state index in [1.54, 1.807) is 24.6 Å². The molecule has 0 aliphatic heterocycles. The lowest BCUT2D eigenvalue weighted by atomic mass is 9.98. The molecule has 3 aromatic rings. The topological polar surface area (TPSA) is 55.0 Å². The Morgan fingerprint density at radius 2 is 1.85 bits per heavy atom. The first-order chi connectivity index (χ1) is 13.0. The molecule has 0 unspecified atom stereocenters. The van der Waals surface area contributed by atoms with Crippen LogP contribution >= 0.6 is 15.9 Å². The molecule has 1 aromatic heterocycles. The molecule has 0 N–H and O–H groups in total. The van der Waals surface area contributed by atoms with Crippen molar-refractivity contribution in [3.63, 3.8) is 0 Å². The Hall–Kier alpha value is -2.91. The van der Waals surface area contributed by atoms with Gasteiger partial charge in [-0.15, -0.1) is 0 Å². The number of rotatable bonds is 4. The molecule has 0 bridgehead atoms. The van der Waals surface area contributed by atoms with Gasteiger partial charge >= 0.3 is 5.97 Å². The molecular weight excluding hydrogens is 411 g/mol. The fourth-order valence-corrected chi connectivity index (χ4v) is 3.44. The zero-order valence-electron chi connectivity index (χ0n) is 14.8. The smallest absolute Gasteiger partial charge is 0.355 e. The summed E-state index contributed by atoms with van der Waals surface area (Å²) in [6.45, 7) is 1.97. The van der Waals surface area contributed by atoms with E-state index in [1.807, 2.05) is 30.3 Å². The molecule has 0 aliphatic rings. The van der Waals surface area contributed by atoms with Crippen molar-refractivity contribution in [3.05, 3.63) is 70.2 Å². The zero-order valence-corrected chi connectivity index (χ0v) is 16.4.